The molecule has 0 aromatic heterocycles. The van der Waals surface area contributed by atoms with Crippen molar-refractivity contribution in [2.24, 2.45) is 0 Å². The lowest BCUT2D eigenvalue weighted by Crippen LogP contribution is -2.36. The van der Waals surface area contributed by atoms with Crippen molar-refractivity contribution in [3.8, 4) is 0 Å². The molecule has 2 unspecified atom stereocenters. The summed E-state index contributed by atoms with van der Waals surface area (Å²) in [6, 6.07) is 19.0. The minimum atomic E-state index is 0. The molecule has 2 aliphatic rings. The summed E-state index contributed by atoms with van der Waals surface area (Å²) < 4.78 is 0. The fourth-order valence-electron chi connectivity index (χ4n) is 4.41. The Labute approximate surface area is 162 Å². The van der Waals surface area contributed by atoms with Crippen LogP contribution in [0.3, 0.4) is 0 Å². The van der Waals surface area contributed by atoms with Crippen LogP contribution in [0.2, 0.25) is 0 Å². The average molecular weight is 374 g/mol. The highest BCUT2D eigenvalue weighted by Gasteiger charge is 2.26. The quantitative estimate of drug-likeness (QED) is 0.638. The standard InChI is InChI=1S/C22H27NS.ClH/c1-23-15-7-6-9-18(23)13-14-20-19-10-3-2-8-17(19)16-24-22-12-5-4-11-21(20)22;/h2-5,8,10-12,18,20H,6-7,9,13-16H2,1H3;1H. The van der Waals surface area contributed by atoms with Crippen LogP contribution in [-0.2, 0) is 5.75 Å². The van der Waals surface area contributed by atoms with Crippen molar-refractivity contribution < 1.29 is 0 Å². The lowest BCUT2D eigenvalue weighted by molar-refractivity contribution is 0.172. The number of nitrogens with zero attached hydrogens (tertiary/aromatic N) is 1. The van der Waals surface area contributed by atoms with Crippen LogP contribution < -0.4 is 0 Å². The smallest absolute Gasteiger partial charge is 0.0235 e. The van der Waals surface area contributed by atoms with Gasteiger partial charge in [-0.1, -0.05) is 48.9 Å². The summed E-state index contributed by atoms with van der Waals surface area (Å²) in [6.07, 6.45) is 6.74. The third-order valence-electron chi connectivity index (χ3n) is 5.82. The topological polar surface area (TPSA) is 3.24 Å². The number of likely N-dealkylation sites (tertiary alicyclic amines) is 1. The van der Waals surface area contributed by atoms with Gasteiger partial charge < -0.3 is 4.90 Å². The Morgan fingerprint density at radius 1 is 0.960 bits per heavy atom. The SMILES string of the molecule is CN1CCCCC1CCC1c2ccccc2CSc2ccccc21.Cl. The maximum atomic E-state index is 2.59. The molecule has 0 spiro atoms. The molecule has 2 aliphatic heterocycles. The third kappa shape index (κ3) is 4.07. The summed E-state index contributed by atoms with van der Waals surface area (Å²) in [6.45, 7) is 1.28. The van der Waals surface area contributed by atoms with Crippen molar-refractivity contribution in [1.82, 2.24) is 4.90 Å². The highest BCUT2D eigenvalue weighted by molar-refractivity contribution is 7.98. The molecule has 0 radical (unpaired) electrons. The highest BCUT2D eigenvalue weighted by atomic mass is 35.5. The lowest BCUT2D eigenvalue weighted by atomic mass is 9.83. The van der Waals surface area contributed by atoms with Crippen molar-refractivity contribution >= 4 is 24.2 Å². The molecule has 4 rings (SSSR count). The first-order chi connectivity index (χ1) is 11.8. The van der Waals surface area contributed by atoms with Gasteiger partial charge in [-0.2, -0.15) is 0 Å². The van der Waals surface area contributed by atoms with Crippen LogP contribution in [0.25, 0.3) is 0 Å². The van der Waals surface area contributed by atoms with Crippen LogP contribution in [0.5, 0.6) is 0 Å². The molecule has 2 heterocycles. The number of benzene rings is 2. The molecule has 1 nitrogen and oxygen atoms in total. The minimum absolute atomic E-state index is 0. The first kappa shape index (κ1) is 18.8. The largest absolute Gasteiger partial charge is 0.303 e. The van der Waals surface area contributed by atoms with E-state index in [1.54, 1.807) is 11.1 Å². The molecule has 2 aromatic rings. The van der Waals surface area contributed by atoms with Crippen LogP contribution in [0, 0.1) is 0 Å². The summed E-state index contributed by atoms with van der Waals surface area (Å²) in [4.78, 5) is 4.07. The highest BCUT2D eigenvalue weighted by Crippen LogP contribution is 2.43. The Hall–Kier alpha value is -0.960. The summed E-state index contributed by atoms with van der Waals surface area (Å²) in [5.41, 5.74) is 4.64. The van der Waals surface area contributed by atoms with Crippen LogP contribution in [0.4, 0.5) is 0 Å². The number of rotatable bonds is 3. The van der Waals surface area contributed by atoms with Gasteiger partial charge in [-0.25, -0.2) is 0 Å². The van der Waals surface area contributed by atoms with E-state index in [1.165, 1.54) is 49.1 Å². The van der Waals surface area contributed by atoms with E-state index in [-0.39, 0.29) is 12.4 Å². The molecular formula is C22H28ClNS. The van der Waals surface area contributed by atoms with Gasteiger partial charge in [0.25, 0.3) is 0 Å². The molecule has 1 saturated heterocycles. The molecule has 0 bridgehead atoms. The van der Waals surface area contributed by atoms with E-state index in [1.807, 2.05) is 11.8 Å². The molecule has 0 N–H and O–H groups in total. The van der Waals surface area contributed by atoms with Crippen molar-refractivity contribution in [3.05, 3.63) is 65.2 Å². The van der Waals surface area contributed by atoms with E-state index in [0.29, 0.717) is 5.92 Å². The van der Waals surface area contributed by atoms with Gasteiger partial charge in [0.15, 0.2) is 0 Å². The molecule has 0 aliphatic carbocycles. The second kappa shape index (κ2) is 8.62. The minimum Gasteiger partial charge on any atom is -0.303 e. The summed E-state index contributed by atoms with van der Waals surface area (Å²) >= 11 is 2.01. The Morgan fingerprint density at radius 2 is 1.72 bits per heavy atom. The second-order valence-electron chi connectivity index (χ2n) is 7.29. The Morgan fingerprint density at radius 3 is 2.56 bits per heavy atom. The van der Waals surface area contributed by atoms with E-state index in [0.717, 1.165) is 11.8 Å². The molecule has 0 amide bonds. The zero-order chi connectivity index (χ0) is 16.4. The van der Waals surface area contributed by atoms with Gasteiger partial charge in [0.1, 0.15) is 0 Å². The van der Waals surface area contributed by atoms with E-state index >= 15 is 0 Å². The molecular weight excluding hydrogens is 346 g/mol. The number of hydrogen-bond acceptors (Lipinski definition) is 2. The predicted molar refractivity (Wildman–Crippen MR) is 111 cm³/mol. The van der Waals surface area contributed by atoms with Crippen molar-refractivity contribution in [3.63, 3.8) is 0 Å². The first-order valence-electron chi connectivity index (χ1n) is 9.32. The van der Waals surface area contributed by atoms with E-state index < -0.39 is 0 Å². The van der Waals surface area contributed by atoms with Crippen LogP contribution >= 0.6 is 24.2 Å². The Bertz CT molecular complexity index is 654. The zero-order valence-electron chi connectivity index (χ0n) is 15.0. The van der Waals surface area contributed by atoms with Gasteiger partial charge in [-0.15, -0.1) is 24.2 Å². The maximum Gasteiger partial charge on any atom is 0.0235 e. The van der Waals surface area contributed by atoms with Crippen LogP contribution in [-0.4, -0.2) is 24.5 Å². The molecule has 134 valence electrons. The second-order valence-corrected chi connectivity index (χ2v) is 8.30. The van der Waals surface area contributed by atoms with Crippen molar-refractivity contribution in [2.75, 3.05) is 13.6 Å². The number of piperidine rings is 1. The Kier molecular flexibility index (Phi) is 6.49. The average Bonchev–Trinajstić information content (AvgIpc) is 2.78. The maximum absolute atomic E-state index is 2.59. The van der Waals surface area contributed by atoms with Gasteiger partial charge in [-0.3, -0.25) is 0 Å². The zero-order valence-corrected chi connectivity index (χ0v) is 16.6. The van der Waals surface area contributed by atoms with Gasteiger partial charge in [0.2, 0.25) is 0 Å². The third-order valence-corrected chi connectivity index (χ3v) is 6.96. The fraction of sp³-hybridized carbons (Fsp3) is 0.455. The number of hydrogen-bond donors (Lipinski definition) is 0. The molecule has 25 heavy (non-hydrogen) atoms. The van der Waals surface area contributed by atoms with Gasteiger partial charge in [-0.05, 0) is 62.0 Å². The van der Waals surface area contributed by atoms with Crippen molar-refractivity contribution in [2.45, 2.75) is 54.7 Å². The number of fused-ring (bicyclic) bond motifs is 2. The predicted octanol–water partition coefficient (Wildman–Crippen LogP) is 6.11. The van der Waals surface area contributed by atoms with Gasteiger partial charge in [0, 0.05) is 22.6 Å². The van der Waals surface area contributed by atoms with E-state index in [4.69, 9.17) is 0 Å². The molecule has 2 aromatic carbocycles. The van der Waals surface area contributed by atoms with E-state index in [9.17, 15) is 0 Å². The first-order valence-corrected chi connectivity index (χ1v) is 10.3. The fourth-order valence-corrected chi connectivity index (χ4v) is 5.53. The van der Waals surface area contributed by atoms with Crippen LogP contribution in [0.15, 0.2) is 53.4 Å². The summed E-state index contributed by atoms with van der Waals surface area (Å²) in [5, 5.41) is 0. The summed E-state index contributed by atoms with van der Waals surface area (Å²) in [7, 11) is 2.31. The van der Waals surface area contributed by atoms with Gasteiger partial charge in [0.05, 0.1) is 0 Å². The van der Waals surface area contributed by atoms with Gasteiger partial charge >= 0.3 is 0 Å². The lowest BCUT2D eigenvalue weighted by Gasteiger charge is -2.33. The Balaban J connectivity index is 0.00000182. The van der Waals surface area contributed by atoms with E-state index in [2.05, 4.69) is 60.5 Å². The molecule has 1 fully saturated rings. The monoisotopic (exact) mass is 373 g/mol. The normalized spacial score (nSPS) is 23.1. The molecule has 0 saturated carbocycles. The number of halogens is 1. The molecule has 3 heteroatoms. The van der Waals surface area contributed by atoms with Crippen LogP contribution in [0.1, 0.15) is 54.7 Å². The number of thioether (sulfide) groups is 1. The van der Waals surface area contributed by atoms with Crippen molar-refractivity contribution in [1.29, 1.82) is 0 Å². The summed E-state index contributed by atoms with van der Waals surface area (Å²) in [5.74, 6) is 1.66. The molecule has 2 atom stereocenters.